The van der Waals surface area contributed by atoms with E-state index in [2.05, 4.69) is 68.1 Å². The van der Waals surface area contributed by atoms with Gasteiger partial charge in [-0.15, -0.1) is 0 Å². The van der Waals surface area contributed by atoms with Crippen molar-refractivity contribution in [2.45, 2.75) is 25.9 Å². The van der Waals surface area contributed by atoms with Crippen molar-refractivity contribution >= 4 is 0 Å². The first-order valence-corrected chi connectivity index (χ1v) is 9.63. The third-order valence-electron chi connectivity index (χ3n) is 4.51. The van der Waals surface area contributed by atoms with Gasteiger partial charge in [-0.2, -0.15) is 0 Å². The summed E-state index contributed by atoms with van der Waals surface area (Å²) < 4.78 is 6.12. The van der Waals surface area contributed by atoms with Crippen LogP contribution in [0.25, 0.3) is 0 Å². The summed E-state index contributed by atoms with van der Waals surface area (Å²) in [5.74, 6) is 0.464. The molecule has 0 fully saturated rings. The summed E-state index contributed by atoms with van der Waals surface area (Å²) in [6.45, 7) is 7.03. The summed E-state index contributed by atoms with van der Waals surface area (Å²) in [6, 6.07) is 20.8. The van der Waals surface area contributed by atoms with E-state index in [1.807, 2.05) is 24.3 Å². The summed E-state index contributed by atoms with van der Waals surface area (Å²) in [5, 5.41) is 0. The largest absolute Gasteiger partial charge is 0.368 e. The molecule has 27 heavy (non-hydrogen) atoms. The molecule has 2 unspecified atom stereocenters. The van der Waals surface area contributed by atoms with Crippen LogP contribution in [0, 0.1) is 5.92 Å². The predicted octanol–water partition coefficient (Wildman–Crippen LogP) is 5.64. The quantitative estimate of drug-likeness (QED) is 0.526. The standard InChI is InChI=1S/C25H31NO/c1-3-4-11-23(18-21(2)16-17-22-12-7-5-8-13-22)20-27-25(19-26)24-14-9-6-10-15-24/h3-15,18,21,25H,1,16-17,19-20,26H2,2H3/b11-4-,23-18+. The van der Waals surface area contributed by atoms with E-state index in [0.717, 1.165) is 24.0 Å². The van der Waals surface area contributed by atoms with Crippen LogP contribution < -0.4 is 5.73 Å². The van der Waals surface area contributed by atoms with E-state index in [1.165, 1.54) is 5.56 Å². The lowest BCUT2D eigenvalue weighted by Gasteiger charge is -2.17. The Balaban J connectivity index is 1.97. The van der Waals surface area contributed by atoms with Crippen molar-refractivity contribution in [3.8, 4) is 0 Å². The molecule has 2 aromatic rings. The highest BCUT2D eigenvalue weighted by atomic mass is 16.5. The summed E-state index contributed by atoms with van der Waals surface area (Å²) in [5.41, 5.74) is 9.58. The van der Waals surface area contributed by atoms with Gasteiger partial charge in [0, 0.05) is 6.54 Å². The zero-order valence-corrected chi connectivity index (χ0v) is 16.3. The first kappa shape index (κ1) is 20.9. The van der Waals surface area contributed by atoms with Crippen molar-refractivity contribution in [1.82, 2.24) is 0 Å². The van der Waals surface area contributed by atoms with E-state index in [4.69, 9.17) is 10.5 Å². The molecule has 2 nitrogen and oxygen atoms in total. The molecule has 0 aliphatic heterocycles. The van der Waals surface area contributed by atoms with Crippen LogP contribution in [0.1, 0.15) is 30.6 Å². The minimum absolute atomic E-state index is 0.0913. The van der Waals surface area contributed by atoms with Gasteiger partial charge in [0.1, 0.15) is 0 Å². The van der Waals surface area contributed by atoms with Crippen LogP contribution in [0.5, 0.6) is 0 Å². The Labute approximate surface area is 164 Å². The zero-order valence-electron chi connectivity index (χ0n) is 16.3. The fraction of sp³-hybridized carbons (Fsp3) is 0.280. The second kappa shape index (κ2) is 12.1. The maximum atomic E-state index is 6.12. The van der Waals surface area contributed by atoms with Crippen molar-refractivity contribution in [3.05, 3.63) is 108 Å². The van der Waals surface area contributed by atoms with Crippen LogP contribution >= 0.6 is 0 Å². The van der Waals surface area contributed by atoms with Gasteiger partial charge in [-0.25, -0.2) is 0 Å². The van der Waals surface area contributed by atoms with Gasteiger partial charge in [0.25, 0.3) is 0 Å². The molecule has 0 bridgehead atoms. The maximum Gasteiger partial charge on any atom is 0.0951 e. The Morgan fingerprint density at radius 3 is 2.37 bits per heavy atom. The molecule has 0 spiro atoms. The molecule has 0 aliphatic carbocycles. The van der Waals surface area contributed by atoms with E-state index < -0.39 is 0 Å². The molecule has 0 aromatic heterocycles. The van der Waals surface area contributed by atoms with E-state index in [9.17, 15) is 0 Å². The monoisotopic (exact) mass is 361 g/mol. The van der Waals surface area contributed by atoms with Gasteiger partial charge < -0.3 is 10.5 Å². The van der Waals surface area contributed by atoms with Gasteiger partial charge in [-0.1, -0.05) is 98.5 Å². The van der Waals surface area contributed by atoms with Crippen LogP contribution in [-0.2, 0) is 11.2 Å². The normalized spacial score (nSPS) is 14.2. The second-order valence-electron chi connectivity index (χ2n) is 6.78. The van der Waals surface area contributed by atoms with Crippen LogP contribution in [0.3, 0.4) is 0 Å². The number of allylic oxidation sites excluding steroid dienone is 3. The lowest BCUT2D eigenvalue weighted by atomic mass is 9.98. The zero-order chi connectivity index (χ0) is 19.3. The molecule has 2 N–H and O–H groups in total. The van der Waals surface area contributed by atoms with Crippen LogP contribution in [0.15, 0.2) is 97.1 Å². The SMILES string of the molecule is C=C/C=C\C(=C/C(C)CCc1ccccc1)COC(CN)c1ccccc1. The van der Waals surface area contributed by atoms with Gasteiger partial charge in [-0.3, -0.25) is 0 Å². The average Bonchev–Trinajstić information content (AvgIpc) is 2.72. The Morgan fingerprint density at radius 2 is 1.74 bits per heavy atom. The minimum Gasteiger partial charge on any atom is -0.368 e. The van der Waals surface area contributed by atoms with E-state index in [1.54, 1.807) is 6.08 Å². The summed E-state index contributed by atoms with van der Waals surface area (Å²) in [6.07, 6.45) is 10.2. The smallest absolute Gasteiger partial charge is 0.0951 e. The highest BCUT2D eigenvalue weighted by Crippen LogP contribution is 2.19. The number of aryl methyl sites for hydroxylation is 1. The number of hydrogen-bond donors (Lipinski definition) is 1. The molecule has 0 amide bonds. The third kappa shape index (κ3) is 7.78. The Hall–Kier alpha value is -2.42. The second-order valence-corrected chi connectivity index (χ2v) is 6.78. The molecule has 0 saturated carbocycles. The van der Waals surface area contributed by atoms with Crippen LogP contribution in [0.4, 0.5) is 0 Å². The van der Waals surface area contributed by atoms with Crippen molar-refractivity contribution in [1.29, 1.82) is 0 Å². The number of nitrogens with two attached hydrogens (primary N) is 1. The van der Waals surface area contributed by atoms with Gasteiger partial charge in [0.15, 0.2) is 0 Å². The van der Waals surface area contributed by atoms with E-state index in [-0.39, 0.29) is 6.10 Å². The molecule has 142 valence electrons. The Kier molecular flexibility index (Phi) is 9.33. The number of ether oxygens (including phenoxy) is 1. The number of hydrogen-bond acceptors (Lipinski definition) is 2. The maximum absolute atomic E-state index is 6.12. The average molecular weight is 362 g/mol. The highest BCUT2D eigenvalue weighted by Gasteiger charge is 2.10. The number of rotatable bonds is 11. The molecule has 2 aromatic carbocycles. The van der Waals surface area contributed by atoms with E-state index in [0.29, 0.717) is 19.1 Å². The van der Waals surface area contributed by atoms with Gasteiger partial charge in [-0.05, 0) is 35.5 Å². The molecule has 2 atom stereocenters. The first-order chi connectivity index (χ1) is 13.2. The molecule has 2 rings (SSSR count). The van der Waals surface area contributed by atoms with Gasteiger partial charge in [0.2, 0.25) is 0 Å². The molecule has 0 aliphatic rings. The highest BCUT2D eigenvalue weighted by molar-refractivity contribution is 5.24. The number of benzene rings is 2. The molecular weight excluding hydrogens is 330 g/mol. The Morgan fingerprint density at radius 1 is 1.07 bits per heavy atom. The fourth-order valence-electron chi connectivity index (χ4n) is 3.00. The summed E-state index contributed by atoms with van der Waals surface area (Å²) >= 11 is 0. The first-order valence-electron chi connectivity index (χ1n) is 9.63. The van der Waals surface area contributed by atoms with Gasteiger partial charge in [0.05, 0.1) is 12.7 Å². The van der Waals surface area contributed by atoms with Gasteiger partial charge >= 0.3 is 0 Å². The molecular formula is C25H31NO. The Bertz CT molecular complexity index is 719. The van der Waals surface area contributed by atoms with Crippen molar-refractivity contribution in [2.75, 3.05) is 13.2 Å². The third-order valence-corrected chi connectivity index (χ3v) is 4.51. The van der Waals surface area contributed by atoms with Crippen molar-refractivity contribution in [2.24, 2.45) is 11.7 Å². The lowest BCUT2D eigenvalue weighted by Crippen LogP contribution is -2.17. The summed E-state index contributed by atoms with van der Waals surface area (Å²) in [4.78, 5) is 0. The lowest BCUT2D eigenvalue weighted by molar-refractivity contribution is 0.0770. The van der Waals surface area contributed by atoms with Crippen LogP contribution in [-0.4, -0.2) is 13.2 Å². The van der Waals surface area contributed by atoms with Crippen LogP contribution in [0.2, 0.25) is 0 Å². The van der Waals surface area contributed by atoms with Crippen molar-refractivity contribution < 1.29 is 4.74 Å². The fourth-order valence-corrected chi connectivity index (χ4v) is 3.00. The molecule has 0 saturated heterocycles. The van der Waals surface area contributed by atoms with Crippen molar-refractivity contribution in [3.63, 3.8) is 0 Å². The molecule has 0 heterocycles. The summed E-state index contributed by atoms with van der Waals surface area (Å²) in [7, 11) is 0. The molecule has 0 radical (unpaired) electrons. The minimum atomic E-state index is -0.0913. The van der Waals surface area contributed by atoms with E-state index >= 15 is 0 Å². The topological polar surface area (TPSA) is 35.2 Å². The predicted molar refractivity (Wildman–Crippen MR) is 116 cm³/mol. The molecule has 2 heteroatoms.